The van der Waals surface area contributed by atoms with E-state index in [9.17, 15) is 9.59 Å². The fourth-order valence-corrected chi connectivity index (χ4v) is 1.32. The zero-order valence-corrected chi connectivity index (χ0v) is 9.96. The van der Waals surface area contributed by atoms with Crippen molar-refractivity contribution in [1.29, 1.82) is 0 Å². The molecule has 1 rings (SSSR count). The topological polar surface area (TPSA) is 116 Å². The first-order valence-electron chi connectivity index (χ1n) is 5.38. The maximum atomic E-state index is 11.3. The van der Waals surface area contributed by atoms with E-state index in [4.69, 9.17) is 10.2 Å². The number of carboxylic acid groups (broad SMARTS) is 1. The van der Waals surface area contributed by atoms with Crippen molar-refractivity contribution in [2.45, 2.75) is 12.5 Å². The molecule has 0 saturated heterocycles. The number of carbonyl (C=O) groups excluding carboxylic acids is 1. The highest BCUT2D eigenvalue weighted by Crippen LogP contribution is 1.95. The summed E-state index contributed by atoms with van der Waals surface area (Å²) in [5.41, 5.74) is 0.967. The Bertz CT molecular complexity index is 418. The van der Waals surface area contributed by atoms with E-state index in [1.54, 1.807) is 17.9 Å². The number of amides is 2. The summed E-state index contributed by atoms with van der Waals surface area (Å²) < 4.78 is 1.65. The summed E-state index contributed by atoms with van der Waals surface area (Å²) in [4.78, 5) is 21.8. The van der Waals surface area contributed by atoms with Crippen molar-refractivity contribution in [2.75, 3.05) is 13.2 Å². The molecule has 1 heterocycles. The third-order valence-corrected chi connectivity index (χ3v) is 2.24. The van der Waals surface area contributed by atoms with Gasteiger partial charge in [0.2, 0.25) is 0 Å². The Hall–Kier alpha value is -2.09. The number of aliphatic hydroxyl groups excluding tert-OH is 1. The van der Waals surface area contributed by atoms with Crippen molar-refractivity contribution >= 4 is 12.0 Å². The number of hydrogen-bond donors (Lipinski definition) is 4. The molecule has 8 heteroatoms. The monoisotopic (exact) mass is 256 g/mol. The lowest BCUT2D eigenvalue weighted by Gasteiger charge is -2.12. The van der Waals surface area contributed by atoms with E-state index in [0.29, 0.717) is 13.0 Å². The van der Waals surface area contributed by atoms with Crippen LogP contribution in [0, 0.1) is 0 Å². The summed E-state index contributed by atoms with van der Waals surface area (Å²) in [6.45, 7) is -0.291. The number of aliphatic hydroxyl groups is 1. The number of carbonyl (C=O) groups is 2. The van der Waals surface area contributed by atoms with Crippen LogP contribution in [-0.4, -0.2) is 51.2 Å². The highest BCUT2D eigenvalue weighted by molar-refractivity contribution is 5.82. The molecule has 0 spiro atoms. The number of urea groups is 1. The van der Waals surface area contributed by atoms with Crippen LogP contribution in [0.4, 0.5) is 4.79 Å². The minimum Gasteiger partial charge on any atom is -0.480 e. The Kier molecular flexibility index (Phi) is 5.12. The summed E-state index contributed by atoms with van der Waals surface area (Å²) in [6, 6.07) is -1.91. The SMILES string of the molecule is Cn1cc(CCNC(=O)N[C@H](CO)C(=O)O)cn1. The molecule has 2 amide bonds. The zero-order chi connectivity index (χ0) is 13.5. The summed E-state index contributed by atoms with van der Waals surface area (Å²) in [5, 5.41) is 25.9. The van der Waals surface area contributed by atoms with Crippen LogP contribution in [0.5, 0.6) is 0 Å². The van der Waals surface area contributed by atoms with Gasteiger partial charge < -0.3 is 20.8 Å². The van der Waals surface area contributed by atoms with Crippen LogP contribution in [-0.2, 0) is 18.3 Å². The van der Waals surface area contributed by atoms with Gasteiger partial charge in [0, 0.05) is 19.8 Å². The van der Waals surface area contributed by atoms with Gasteiger partial charge in [-0.3, -0.25) is 4.68 Å². The molecular formula is C10H16N4O4. The van der Waals surface area contributed by atoms with Gasteiger partial charge in [-0.05, 0) is 12.0 Å². The molecule has 1 atom stereocenters. The van der Waals surface area contributed by atoms with Gasteiger partial charge in [0.1, 0.15) is 0 Å². The molecule has 1 aromatic rings. The first-order chi connectivity index (χ1) is 8.52. The van der Waals surface area contributed by atoms with Crippen molar-refractivity contribution < 1.29 is 19.8 Å². The minimum atomic E-state index is -1.29. The molecule has 0 fully saturated rings. The predicted octanol–water partition coefficient (Wildman–Crippen LogP) is -1.29. The second-order valence-corrected chi connectivity index (χ2v) is 3.75. The minimum absolute atomic E-state index is 0.356. The number of rotatable bonds is 6. The quantitative estimate of drug-likeness (QED) is 0.505. The van der Waals surface area contributed by atoms with Crippen molar-refractivity contribution in [3.63, 3.8) is 0 Å². The van der Waals surface area contributed by atoms with Gasteiger partial charge >= 0.3 is 12.0 Å². The molecule has 0 saturated carbocycles. The molecular weight excluding hydrogens is 240 g/mol. The lowest BCUT2D eigenvalue weighted by Crippen LogP contribution is -2.48. The summed E-state index contributed by atoms with van der Waals surface area (Å²) in [6.07, 6.45) is 4.11. The Balaban J connectivity index is 2.26. The smallest absolute Gasteiger partial charge is 0.328 e. The zero-order valence-electron chi connectivity index (χ0n) is 9.96. The van der Waals surface area contributed by atoms with Gasteiger partial charge in [0.25, 0.3) is 0 Å². The van der Waals surface area contributed by atoms with Crippen molar-refractivity contribution in [3.05, 3.63) is 18.0 Å². The molecule has 0 aliphatic carbocycles. The van der Waals surface area contributed by atoms with E-state index in [0.717, 1.165) is 5.56 Å². The number of aliphatic carboxylic acids is 1. The first-order valence-corrected chi connectivity index (χ1v) is 5.38. The maximum Gasteiger partial charge on any atom is 0.328 e. The summed E-state index contributed by atoms with van der Waals surface area (Å²) >= 11 is 0. The van der Waals surface area contributed by atoms with Crippen LogP contribution in [0.1, 0.15) is 5.56 Å². The van der Waals surface area contributed by atoms with E-state index in [-0.39, 0.29) is 0 Å². The van der Waals surface area contributed by atoms with Crippen LogP contribution in [0.3, 0.4) is 0 Å². The van der Waals surface area contributed by atoms with Crippen molar-refractivity contribution in [3.8, 4) is 0 Å². The molecule has 18 heavy (non-hydrogen) atoms. The number of nitrogens with zero attached hydrogens (tertiary/aromatic N) is 2. The van der Waals surface area contributed by atoms with Gasteiger partial charge in [-0.1, -0.05) is 0 Å². The molecule has 0 unspecified atom stereocenters. The van der Waals surface area contributed by atoms with Crippen LogP contribution in [0.25, 0.3) is 0 Å². The number of aryl methyl sites for hydroxylation is 1. The van der Waals surface area contributed by atoms with Gasteiger partial charge in [-0.25, -0.2) is 9.59 Å². The fraction of sp³-hybridized carbons (Fsp3) is 0.500. The van der Waals surface area contributed by atoms with E-state index in [1.807, 2.05) is 6.20 Å². The Morgan fingerprint density at radius 3 is 2.78 bits per heavy atom. The molecule has 0 bridgehead atoms. The first kappa shape index (κ1) is 14.0. The van der Waals surface area contributed by atoms with Crippen molar-refractivity contribution in [2.24, 2.45) is 7.05 Å². The van der Waals surface area contributed by atoms with E-state index in [2.05, 4.69) is 15.7 Å². The van der Waals surface area contributed by atoms with E-state index in [1.165, 1.54) is 0 Å². The average molecular weight is 256 g/mol. The number of aromatic nitrogens is 2. The van der Waals surface area contributed by atoms with Gasteiger partial charge in [-0.15, -0.1) is 0 Å². The maximum absolute atomic E-state index is 11.3. The molecule has 1 aromatic heterocycles. The van der Waals surface area contributed by atoms with Gasteiger partial charge in [0.15, 0.2) is 6.04 Å². The molecule has 100 valence electrons. The molecule has 0 radical (unpaired) electrons. The Morgan fingerprint density at radius 1 is 1.56 bits per heavy atom. The van der Waals surface area contributed by atoms with Gasteiger partial charge in [0.05, 0.1) is 12.8 Å². The lowest BCUT2D eigenvalue weighted by molar-refractivity contribution is -0.140. The standard InChI is InChI=1S/C10H16N4O4/c1-14-5-7(4-12-14)2-3-11-10(18)13-8(6-15)9(16)17/h4-5,8,15H,2-3,6H2,1H3,(H,16,17)(H2,11,13,18)/t8-/m1/s1. The third kappa shape index (κ3) is 4.42. The van der Waals surface area contributed by atoms with Crippen LogP contribution >= 0.6 is 0 Å². The molecule has 0 aromatic carbocycles. The highest BCUT2D eigenvalue weighted by atomic mass is 16.4. The number of hydrogen-bond acceptors (Lipinski definition) is 4. The lowest BCUT2D eigenvalue weighted by atomic mass is 10.2. The van der Waals surface area contributed by atoms with Crippen LogP contribution < -0.4 is 10.6 Å². The normalized spacial score (nSPS) is 11.9. The van der Waals surface area contributed by atoms with Crippen molar-refractivity contribution in [1.82, 2.24) is 20.4 Å². The fourth-order valence-electron chi connectivity index (χ4n) is 1.32. The second kappa shape index (κ2) is 6.60. The number of nitrogens with one attached hydrogen (secondary N) is 2. The van der Waals surface area contributed by atoms with Crippen LogP contribution in [0.2, 0.25) is 0 Å². The molecule has 4 N–H and O–H groups in total. The Labute approximate surface area is 104 Å². The second-order valence-electron chi connectivity index (χ2n) is 3.75. The predicted molar refractivity (Wildman–Crippen MR) is 62.0 cm³/mol. The number of carboxylic acids is 1. The Morgan fingerprint density at radius 2 is 2.28 bits per heavy atom. The van der Waals surface area contributed by atoms with E-state index < -0.39 is 24.6 Å². The van der Waals surface area contributed by atoms with E-state index >= 15 is 0 Å². The molecule has 0 aliphatic rings. The van der Waals surface area contributed by atoms with Crippen LogP contribution in [0.15, 0.2) is 12.4 Å². The molecule has 0 aliphatic heterocycles. The largest absolute Gasteiger partial charge is 0.480 e. The average Bonchev–Trinajstić information content (AvgIpc) is 2.71. The molecule has 8 nitrogen and oxygen atoms in total. The third-order valence-electron chi connectivity index (χ3n) is 2.24. The summed E-state index contributed by atoms with van der Waals surface area (Å²) in [7, 11) is 1.79. The van der Waals surface area contributed by atoms with Gasteiger partial charge in [-0.2, -0.15) is 5.10 Å². The summed E-state index contributed by atoms with van der Waals surface area (Å²) in [5.74, 6) is -1.28. The highest BCUT2D eigenvalue weighted by Gasteiger charge is 2.18.